The number of ether oxygens (including phenoxy) is 1. The fourth-order valence-corrected chi connectivity index (χ4v) is 1.20. The van der Waals surface area contributed by atoms with Gasteiger partial charge in [0.1, 0.15) is 5.69 Å². The normalized spacial score (nSPS) is 17.3. The van der Waals surface area contributed by atoms with Crippen molar-refractivity contribution in [1.82, 2.24) is 15.3 Å². The standard InChI is InChI=1S/C11H9N3O3/c15-10(8-7-12-4-5-13-8)14-11(16)9-3-1-2-6-17-9/h1-7,9H,(H,14,15,16). The lowest BCUT2D eigenvalue weighted by Crippen LogP contribution is -2.39. The van der Waals surface area contributed by atoms with E-state index in [-0.39, 0.29) is 5.69 Å². The maximum absolute atomic E-state index is 11.6. The van der Waals surface area contributed by atoms with Gasteiger partial charge in [0, 0.05) is 12.4 Å². The van der Waals surface area contributed by atoms with Crippen LogP contribution < -0.4 is 5.32 Å². The number of carbonyl (C=O) groups is 2. The third-order valence-corrected chi connectivity index (χ3v) is 1.99. The molecule has 17 heavy (non-hydrogen) atoms. The van der Waals surface area contributed by atoms with Crippen molar-refractivity contribution in [3.63, 3.8) is 0 Å². The molecule has 0 saturated carbocycles. The zero-order valence-corrected chi connectivity index (χ0v) is 8.74. The van der Waals surface area contributed by atoms with Crippen molar-refractivity contribution in [3.05, 3.63) is 48.8 Å². The molecule has 1 unspecified atom stereocenters. The third-order valence-electron chi connectivity index (χ3n) is 1.99. The molecule has 1 atom stereocenters. The van der Waals surface area contributed by atoms with Crippen molar-refractivity contribution in [2.45, 2.75) is 6.10 Å². The second kappa shape index (κ2) is 5.02. The van der Waals surface area contributed by atoms with Crippen LogP contribution in [0.1, 0.15) is 10.5 Å². The number of hydrogen-bond acceptors (Lipinski definition) is 5. The van der Waals surface area contributed by atoms with E-state index in [0.717, 1.165) is 0 Å². The van der Waals surface area contributed by atoms with E-state index in [0.29, 0.717) is 0 Å². The Morgan fingerprint density at radius 3 is 2.82 bits per heavy atom. The van der Waals surface area contributed by atoms with Crippen molar-refractivity contribution in [2.75, 3.05) is 0 Å². The number of imide groups is 1. The summed E-state index contributed by atoms with van der Waals surface area (Å²) >= 11 is 0. The van der Waals surface area contributed by atoms with E-state index in [9.17, 15) is 9.59 Å². The van der Waals surface area contributed by atoms with Gasteiger partial charge in [-0.2, -0.15) is 0 Å². The van der Waals surface area contributed by atoms with Gasteiger partial charge in [-0.25, -0.2) is 4.98 Å². The molecule has 0 saturated heterocycles. The van der Waals surface area contributed by atoms with E-state index in [1.54, 1.807) is 18.2 Å². The Labute approximate surface area is 97.0 Å². The molecule has 0 aromatic carbocycles. The number of carbonyl (C=O) groups excluding carboxylic acids is 2. The zero-order valence-electron chi connectivity index (χ0n) is 8.74. The van der Waals surface area contributed by atoms with E-state index >= 15 is 0 Å². The van der Waals surface area contributed by atoms with Crippen LogP contribution in [0.3, 0.4) is 0 Å². The molecule has 86 valence electrons. The summed E-state index contributed by atoms with van der Waals surface area (Å²) in [6, 6.07) is 0. The first kappa shape index (κ1) is 11.0. The Balaban J connectivity index is 1.97. The monoisotopic (exact) mass is 231 g/mol. The number of aromatic nitrogens is 2. The highest BCUT2D eigenvalue weighted by molar-refractivity contribution is 6.05. The SMILES string of the molecule is O=C(NC(=O)C1C=CC=CO1)c1cnccn1. The molecule has 0 spiro atoms. The van der Waals surface area contributed by atoms with Crippen molar-refractivity contribution < 1.29 is 14.3 Å². The summed E-state index contributed by atoms with van der Waals surface area (Å²) < 4.78 is 5.01. The lowest BCUT2D eigenvalue weighted by atomic mass is 10.2. The zero-order chi connectivity index (χ0) is 12.1. The van der Waals surface area contributed by atoms with Gasteiger partial charge in [-0.3, -0.25) is 19.9 Å². The molecule has 6 nitrogen and oxygen atoms in total. The minimum absolute atomic E-state index is 0.0798. The average Bonchev–Trinajstić information content (AvgIpc) is 2.40. The summed E-state index contributed by atoms with van der Waals surface area (Å²) in [6.07, 6.45) is 9.54. The smallest absolute Gasteiger partial charge is 0.278 e. The Kier molecular flexibility index (Phi) is 3.25. The number of rotatable bonds is 2. The van der Waals surface area contributed by atoms with E-state index in [1.807, 2.05) is 0 Å². The predicted molar refractivity (Wildman–Crippen MR) is 57.7 cm³/mol. The second-order valence-electron chi connectivity index (χ2n) is 3.18. The van der Waals surface area contributed by atoms with Crippen molar-refractivity contribution >= 4 is 11.8 Å². The highest BCUT2D eigenvalue weighted by Gasteiger charge is 2.20. The van der Waals surface area contributed by atoms with Gasteiger partial charge in [0.15, 0.2) is 6.10 Å². The lowest BCUT2D eigenvalue weighted by Gasteiger charge is -2.13. The van der Waals surface area contributed by atoms with Crippen LogP contribution in [0.15, 0.2) is 43.1 Å². The molecular weight excluding hydrogens is 222 g/mol. The van der Waals surface area contributed by atoms with Crippen molar-refractivity contribution in [3.8, 4) is 0 Å². The first-order chi connectivity index (χ1) is 8.27. The molecule has 0 radical (unpaired) electrons. The second-order valence-corrected chi connectivity index (χ2v) is 3.18. The summed E-state index contributed by atoms with van der Waals surface area (Å²) in [6.45, 7) is 0. The van der Waals surface area contributed by atoms with Gasteiger partial charge in [0.2, 0.25) is 0 Å². The number of hydrogen-bond donors (Lipinski definition) is 1. The average molecular weight is 231 g/mol. The Bertz CT molecular complexity index is 482. The van der Waals surface area contributed by atoms with Crippen LogP contribution in [0.2, 0.25) is 0 Å². The number of nitrogens with one attached hydrogen (secondary N) is 1. The number of allylic oxidation sites excluding steroid dienone is 2. The Morgan fingerprint density at radius 2 is 2.18 bits per heavy atom. The fraction of sp³-hybridized carbons (Fsp3) is 0.0909. The first-order valence-electron chi connectivity index (χ1n) is 4.87. The van der Waals surface area contributed by atoms with Crippen LogP contribution in [0, 0.1) is 0 Å². The van der Waals surface area contributed by atoms with Crippen LogP contribution >= 0.6 is 0 Å². The molecule has 6 heteroatoms. The van der Waals surface area contributed by atoms with Crippen LogP contribution in [0.4, 0.5) is 0 Å². The highest BCUT2D eigenvalue weighted by atomic mass is 16.5. The molecule has 1 aliphatic heterocycles. The van der Waals surface area contributed by atoms with E-state index in [4.69, 9.17) is 4.74 Å². The minimum Gasteiger partial charge on any atom is -0.484 e. The summed E-state index contributed by atoms with van der Waals surface area (Å²) in [4.78, 5) is 30.7. The van der Waals surface area contributed by atoms with E-state index < -0.39 is 17.9 Å². The molecule has 2 rings (SSSR count). The maximum Gasteiger partial charge on any atom is 0.278 e. The van der Waals surface area contributed by atoms with Crippen LogP contribution in [0.25, 0.3) is 0 Å². The van der Waals surface area contributed by atoms with E-state index in [2.05, 4.69) is 15.3 Å². The van der Waals surface area contributed by atoms with Gasteiger partial charge in [-0.15, -0.1) is 0 Å². The topological polar surface area (TPSA) is 81.2 Å². The number of amides is 2. The highest BCUT2D eigenvalue weighted by Crippen LogP contribution is 2.02. The number of nitrogens with zero attached hydrogens (tertiary/aromatic N) is 2. The third kappa shape index (κ3) is 2.75. The largest absolute Gasteiger partial charge is 0.484 e. The first-order valence-corrected chi connectivity index (χ1v) is 4.87. The van der Waals surface area contributed by atoms with Crippen LogP contribution in [-0.2, 0) is 9.53 Å². The van der Waals surface area contributed by atoms with Gasteiger partial charge in [-0.1, -0.05) is 6.08 Å². The van der Waals surface area contributed by atoms with Crippen molar-refractivity contribution in [2.24, 2.45) is 0 Å². The minimum atomic E-state index is -0.791. The fourth-order valence-electron chi connectivity index (χ4n) is 1.20. The molecule has 0 bridgehead atoms. The molecular formula is C11H9N3O3. The molecule has 2 heterocycles. The van der Waals surface area contributed by atoms with Gasteiger partial charge in [-0.05, 0) is 12.2 Å². The van der Waals surface area contributed by atoms with Crippen LogP contribution in [0.5, 0.6) is 0 Å². The van der Waals surface area contributed by atoms with Gasteiger partial charge in [0.25, 0.3) is 11.8 Å². The lowest BCUT2D eigenvalue weighted by molar-refractivity contribution is -0.126. The predicted octanol–water partition coefficient (Wildman–Crippen LogP) is 0.202. The molecule has 2 amide bonds. The van der Waals surface area contributed by atoms with Crippen molar-refractivity contribution in [1.29, 1.82) is 0 Å². The molecule has 0 aliphatic carbocycles. The molecule has 1 aliphatic rings. The summed E-state index contributed by atoms with van der Waals surface area (Å²) in [5, 5.41) is 2.18. The molecule has 1 aromatic rings. The van der Waals surface area contributed by atoms with Gasteiger partial charge < -0.3 is 4.74 Å². The quantitative estimate of drug-likeness (QED) is 0.735. The van der Waals surface area contributed by atoms with Gasteiger partial charge in [0.05, 0.1) is 12.5 Å². The summed E-state index contributed by atoms with van der Waals surface area (Å²) in [5.41, 5.74) is 0.0798. The Hall–Kier alpha value is -2.50. The van der Waals surface area contributed by atoms with Gasteiger partial charge >= 0.3 is 0 Å². The molecule has 1 N–H and O–H groups in total. The Morgan fingerprint density at radius 1 is 1.29 bits per heavy atom. The summed E-state index contributed by atoms with van der Waals surface area (Å²) in [5.74, 6) is -1.14. The molecule has 0 fully saturated rings. The molecule has 1 aromatic heterocycles. The summed E-state index contributed by atoms with van der Waals surface area (Å²) in [7, 11) is 0. The maximum atomic E-state index is 11.6. The van der Waals surface area contributed by atoms with Crippen LogP contribution in [-0.4, -0.2) is 27.9 Å². The van der Waals surface area contributed by atoms with E-state index in [1.165, 1.54) is 24.9 Å².